The predicted octanol–water partition coefficient (Wildman–Crippen LogP) is 2.82. The van der Waals surface area contributed by atoms with Gasteiger partial charge in [-0.15, -0.1) is 0 Å². The van der Waals surface area contributed by atoms with Crippen LogP contribution in [0.15, 0.2) is 0 Å². The molecule has 21 heavy (non-hydrogen) atoms. The molecule has 0 aromatic heterocycles. The average molecular weight is 291 g/mol. The normalized spacial score (nSPS) is 41.7. The zero-order valence-corrected chi connectivity index (χ0v) is 13.0. The van der Waals surface area contributed by atoms with Gasteiger partial charge in [0.2, 0.25) is 5.91 Å². The van der Waals surface area contributed by atoms with Gasteiger partial charge < -0.3 is 10.0 Å². The molecule has 0 saturated heterocycles. The highest BCUT2D eigenvalue weighted by Gasteiger charge is 2.52. The van der Waals surface area contributed by atoms with Gasteiger partial charge in [0, 0.05) is 18.5 Å². The summed E-state index contributed by atoms with van der Waals surface area (Å²) in [4.78, 5) is 15.3. The predicted molar refractivity (Wildman–Crippen MR) is 81.6 cm³/mol. The molecule has 5 aliphatic rings. The fraction of sp³-hybridized carbons (Fsp3) is 0.944. The fourth-order valence-corrected chi connectivity index (χ4v) is 6.32. The van der Waals surface area contributed by atoms with E-state index in [9.17, 15) is 9.90 Å². The summed E-state index contributed by atoms with van der Waals surface area (Å²) in [6.07, 6.45) is 11.5. The largest absolute Gasteiger partial charge is 0.395 e. The first-order valence-electron chi connectivity index (χ1n) is 9.17. The van der Waals surface area contributed by atoms with E-state index < -0.39 is 0 Å². The topological polar surface area (TPSA) is 40.5 Å². The molecule has 0 aromatic rings. The number of aliphatic hydroxyl groups is 1. The van der Waals surface area contributed by atoms with Crippen molar-refractivity contribution in [3.63, 3.8) is 0 Å². The molecular formula is C18H29NO2. The minimum Gasteiger partial charge on any atom is -0.395 e. The molecule has 1 N–H and O–H groups in total. The lowest BCUT2D eigenvalue weighted by molar-refractivity contribution is -0.152. The summed E-state index contributed by atoms with van der Waals surface area (Å²) in [6, 6.07) is 0.418. The maximum atomic E-state index is 13.2. The van der Waals surface area contributed by atoms with Gasteiger partial charge in [0.15, 0.2) is 0 Å². The second-order valence-corrected chi connectivity index (χ2v) is 8.15. The van der Waals surface area contributed by atoms with Crippen molar-refractivity contribution in [3.8, 4) is 0 Å². The third-order valence-corrected chi connectivity index (χ3v) is 6.90. The number of hydrogen-bond acceptors (Lipinski definition) is 2. The van der Waals surface area contributed by atoms with Crippen LogP contribution in [0, 0.1) is 29.6 Å². The van der Waals surface area contributed by atoms with E-state index in [1.165, 1.54) is 44.9 Å². The SMILES string of the molecule is O=C(C1C2CC3CC(C2)CC1C3)N(CCO)C1CCCC1. The molecule has 5 fully saturated rings. The minimum absolute atomic E-state index is 0.121. The van der Waals surface area contributed by atoms with Crippen LogP contribution in [0.5, 0.6) is 0 Å². The molecule has 5 rings (SSSR count). The van der Waals surface area contributed by atoms with Crippen molar-refractivity contribution < 1.29 is 9.90 Å². The van der Waals surface area contributed by atoms with Gasteiger partial charge in [-0.2, -0.15) is 0 Å². The molecule has 3 nitrogen and oxygen atoms in total. The highest BCUT2D eigenvalue weighted by atomic mass is 16.3. The van der Waals surface area contributed by atoms with Crippen molar-refractivity contribution >= 4 is 5.91 Å². The Morgan fingerprint density at radius 3 is 2.05 bits per heavy atom. The van der Waals surface area contributed by atoms with E-state index in [4.69, 9.17) is 0 Å². The number of amides is 1. The second-order valence-electron chi connectivity index (χ2n) is 8.15. The van der Waals surface area contributed by atoms with E-state index >= 15 is 0 Å². The Hall–Kier alpha value is -0.570. The third-order valence-electron chi connectivity index (χ3n) is 6.90. The average Bonchev–Trinajstić information content (AvgIpc) is 2.97. The maximum absolute atomic E-state index is 13.2. The summed E-state index contributed by atoms with van der Waals surface area (Å²) >= 11 is 0. The van der Waals surface area contributed by atoms with Crippen molar-refractivity contribution in [2.45, 2.75) is 63.8 Å². The van der Waals surface area contributed by atoms with Gasteiger partial charge in [0.1, 0.15) is 0 Å². The summed E-state index contributed by atoms with van der Waals surface area (Å²) in [5.74, 6) is 3.88. The molecule has 0 aliphatic heterocycles. The number of hydrogen-bond donors (Lipinski definition) is 1. The Kier molecular flexibility index (Phi) is 3.72. The van der Waals surface area contributed by atoms with E-state index in [1.807, 2.05) is 0 Å². The third kappa shape index (κ3) is 2.42. The van der Waals surface area contributed by atoms with E-state index in [1.54, 1.807) is 0 Å². The summed E-state index contributed by atoms with van der Waals surface area (Å²) < 4.78 is 0. The molecule has 0 heterocycles. The lowest BCUT2D eigenvalue weighted by Crippen LogP contribution is -2.54. The van der Waals surface area contributed by atoms with Gasteiger partial charge in [-0.25, -0.2) is 0 Å². The molecule has 0 spiro atoms. The highest BCUT2D eigenvalue weighted by molar-refractivity contribution is 5.80. The first-order chi connectivity index (χ1) is 10.3. The molecule has 1 amide bonds. The van der Waals surface area contributed by atoms with Crippen molar-refractivity contribution in [2.24, 2.45) is 29.6 Å². The molecule has 0 radical (unpaired) electrons. The number of rotatable bonds is 4. The summed E-state index contributed by atoms with van der Waals surface area (Å²) in [5, 5.41) is 9.40. The smallest absolute Gasteiger partial charge is 0.226 e. The Morgan fingerprint density at radius 1 is 0.952 bits per heavy atom. The van der Waals surface area contributed by atoms with Crippen molar-refractivity contribution in [1.29, 1.82) is 0 Å². The van der Waals surface area contributed by atoms with Crippen LogP contribution in [0.1, 0.15) is 57.8 Å². The summed E-state index contributed by atoms with van der Waals surface area (Å²) in [6.45, 7) is 0.682. The zero-order valence-electron chi connectivity index (χ0n) is 13.0. The second kappa shape index (κ2) is 5.57. The van der Waals surface area contributed by atoms with Crippen LogP contribution < -0.4 is 0 Å². The molecule has 0 atom stereocenters. The monoisotopic (exact) mass is 291 g/mol. The first-order valence-corrected chi connectivity index (χ1v) is 9.17. The Morgan fingerprint density at radius 2 is 1.52 bits per heavy atom. The van der Waals surface area contributed by atoms with Crippen LogP contribution >= 0.6 is 0 Å². The molecule has 5 saturated carbocycles. The fourth-order valence-electron chi connectivity index (χ4n) is 6.32. The number of nitrogens with zero attached hydrogens (tertiary/aromatic N) is 1. The van der Waals surface area contributed by atoms with Crippen molar-refractivity contribution in [1.82, 2.24) is 4.90 Å². The van der Waals surface area contributed by atoms with Crippen LogP contribution in [0.25, 0.3) is 0 Å². The van der Waals surface area contributed by atoms with Crippen LogP contribution in [0.3, 0.4) is 0 Å². The Balaban J connectivity index is 1.52. The van der Waals surface area contributed by atoms with Gasteiger partial charge in [0.05, 0.1) is 6.61 Å². The Bertz CT molecular complexity index is 374. The van der Waals surface area contributed by atoms with Gasteiger partial charge >= 0.3 is 0 Å². The Labute approximate surface area is 128 Å². The molecule has 118 valence electrons. The van der Waals surface area contributed by atoms with Crippen LogP contribution in [-0.2, 0) is 4.79 Å². The summed E-state index contributed by atoms with van der Waals surface area (Å²) in [7, 11) is 0. The maximum Gasteiger partial charge on any atom is 0.226 e. The standard InChI is InChI=1S/C18H29NO2/c20-6-5-19(16-3-1-2-4-16)18(21)17-14-8-12-7-13(10-14)11-15(17)9-12/h12-17,20H,1-11H2. The van der Waals surface area contributed by atoms with E-state index in [0.29, 0.717) is 36.2 Å². The zero-order chi connectivity index (χ0) is 14.4. The van der Waals surface area contributed by atoms with Crippen LogP contribution in [0.4, 0.5) is 0 Å². The summed E-state index contributed by atoms with van der Waals surface area (Å²) in [5.41, 5.74) is 0. The van der Waals surface area contributed by atoms with E-state index in [0.717, 1.165) is 24.7 Å². The molecule has 0 unspecified atom stereocenters. The van der Waals surface area contributed by atoms with Crippen LogP contribution in [0.2, 0.25) is 0 Å². The lowest BCUT2D eigenvalue weighted by Gasteiger charge is -2.54. The van der Waals surface area contributed by atoms with E-state index in [-0.39, 0.29) is 6.61 Å². The van der Waals surface area contributed by atoms with Gasteiger partial charge in [-0.3, -0.25) is 4.79 Å². The quantitative estimate of drug-likeness (QED) is 0.865. The molecule has 0 aromatic carbocycles. The number of carbonyl (C=O) groups is 1. The highest BCUT2D eigenvalue weighted by Crippen LogP contribution is 2.57. The molecule has 4 bridgehead atoms. The first kappa shape index (κ1) is 14.0. The van der Waals surface area contributed by atoms with Crippen molar-refractivity contribution in [3.05, 3.63) is 0 Å². The van der Waals surface area contributed by atoms with Crippen molar-refractivity contribution in [2.75, 3.05) is 13.2 Å². The van der Waals surface area contributed by atoms with Gasteiger partial charge in [-0.1, -0.05) is 12.8 Å². The van der Waals surface area contributed by atoms with Crippen LogP contribution in [-0.4, -0.2) is 35.1 Å². The number of aliphatic hydroxyl groups excluding tert-OH is 1. The minimum atomic E-state index is 0.121. The van der Waals surface area contributed by atoms with E-state index in [2.05, 4.69) is 4.90 Å². The molecule has 3 heteroatoms. The van der Waals surface area contributed by atoms with Gasteiger partial charge in [-0.05, 0) is 68.6 Å². The number of carbonyl (C=O) groups excluding carboxylic acids is 1. The van der Waals surface area contributed by atoms with Gasteiger partial charge in [0.25, 0.3) is 0 Å². The molecular weight excluding hydrogens is 262 g/mol. The lowest BCUT2D eigenvalue weighted by atomic mass is 9.51. The molecule has 5 aliphatic carbocycles.